The van der Waals surface area contributed by atoms with Gasteiger partial charge in [-0.05, 0) is 51.8 Å². The number of fused-ring (bicyclic) bond motifs is 1. The number of alkyl halides is 3. The number of halogens is 4. The maximum atomic E-state index is 12.9. The van der Waals surface area contributed by atoms with Gasteiger partial charge in [0, 0.05) is 5.39 Å². The minimum Gasteiger partial charge on any atom is -0.488 e. The van der Waals surface area contributed by atoms with Crippen LogP contribution in [-0.4, -0.2) is 6.29 Å². The van der Waals surface area contributed by atoms with E-state index in [2.05, 4.69) is 15.9 Å². The summed E-state index contributed by atoms with van der Waals surface area (Å²) in [5, 5.41) is 0.836. The van der Waals surface area contributed by atoms with E-state index in [1.807, 2.05) is 0 Å². The molecule has 0 atom stereocenters. The molecule has 0 amide bonds. The lowest BCUT2D eigenvalue weighted by molar-refractivity contribution is -0.138. The van der Waals surface area contributed by atoms with Crippen molar-refractivity contribution >= 4 is 33.2 Å². The molecule has 0 bridgehead atoms. The zero-order chi connectivity index (χ0) is 17.3. The SMILES string of the molecule is O=Cc1c(OCc2cc(Br)c3occc3c2)cccc1C(F)(F)F. The molecule has 2 aromatic carbocycles. The summed E-state index contributed by atoms with van der Waals surface area (Å²) in [7, 11) is 0. The van der Waals surface area contributed by atoms with E-state index < -0.39 is 17.3 Å². The molecule has 0 spiro atoms. The largest absolute Gasteiger partial charge is 0.488 e. The molecular formula is C17H10BrF3O3. The predicted molar refractivity (Wildman–Crippen MR) is 85.1 cm³/mol. The molecule has 0 aliphatic rings. The Hall–Kier alpha value is -2.28. The first-order valence-electron chi connectivity index (χ1n) is 6.84. The first-order chi connectivity index (χ1) is 11.4. The highest BCUT2D eigenvalue weighted by Gasteiger charge is 2.34. The van der Waals surface area contributed by atoms with Crippen LogP contribution in [0.2, 0.25) is 0 Å². The molecule has 0 aliphatic carbocycles. The van der Waals surface area contributed by atoms with Crippen LogP contribution in [0.4, 0.5) is 13.2 Å². The highest BCUT2D eigenvalue weighted by Crippen LogP contribution is 2.35. The number of aldehydes is 1. The van der Waals surface area contributed by atoms with Crippen molar-refractivity contribution in [2.45, 2.75) is 12.8 Å². The molecule has 0 N–H and O–H groups in total. The number of ether oxygens (including phenoxy) is 1. The second kappa shape index (κ2) is 6.32. The van der Waals surface area contributed by atoms with Gasteiger partial charge in [0.1, 0.15) is 17.9 Å². The molecule has 0 radical (unpaired) electrons. The third kappa shape index (κ3) is 3.17. The third-order valence-corrected chi connectivity index (χ3v) is 4.04. The van der Waals surface area contributed by atoms with Gasteiger partial charge >= 0.3 is 6.18 Å². The topological polar surface area (TPSA) is 39.4 Å². The molecule has 24 heavy (non-hydrogen) atoms. The van der Waals surface area contributed by atoms with Crippen LogP contribution in [0.1, 0.15) is 21.5 Å². The second-order valence-electron chi connectivity index (χ2n) is 5.04. The van der Waals surface area contributed by atoms with Gasteiger partial charge in [-0.1, -0.05) is 6.07 Å². The van der Waals surface area contributed by atoms with Crippen LogP contribution in [0.3, 0.4) is 0 Å². The number of carbonyl (C=O) groups is 1. The van der Waals surface area contributed by atoms with Crippen molar-refractivity contribution in [3.8, 4) is 5.75 Å². The molecule has 0 aliphatic heterocycles. The lowest BCUT2D eigenvalue weighted by atomic mass is 10.1. The lowest BCUT2D eigenvalue weighted by Gasteiger charge is -2.14. The van der Waals surface area contributed by atoms with Crippen LogP contribution in [0.5, 0.6) is 5.75 Å². The predicted octanol–water partition coefficient (Wildman–Crippen LogP) is 5.61. The zero-order valence-corrected chi connectivity index (χ0v) is 13.6. The van der Waals surface area contributed by atoms with Crippen LogP contribution in [0.15, 0.2) is 51.6 Å². The fraction of sp³-hybridized carbons (Fsp3) is 0.118. The molecule has 1 heterocycles. The lowest BCUT2D eigenvalue weighted by Crippen LogP contribution is -2.10. The first kappa shape index (κ1) is 16.6. The number of benzene rings is 2. The van der Waals surface area contributed by atoms with Gasteiger partial charge in [0.05, 0.1) is 21.9 Å². The fourth-order valence-corrected chi connectivity index (χ4v) is 3.00. The summed E-state index contributed by atoms with van der Waals surface area (Å²) >= 11 is 3.36. The fourth-order valence-electron chi connectivity index (χ4n) is 2.38. The maximum absolute atomic E-state index is 12.9. The summed E-state index contributed by atoms with van der Waals surface area (Å²) in [6.07, 6.45) is -2.92. The van der Waals surface area contributed by atoms with Gasteiger partial charge in [0.25, 0.3) is 0 Å². The normalized spacial score (nSPS) is 11.7. The molecule has 0 fully saturated rings. The van der Waals surface area contributed by atoms with Crippen LogP contribution >= 0.6 is 15.9 Å². The van der Waals surface area contributed by atoms with Crippen molar-refractivity contribution in [3.63, 3.8) is 0 Å². The van der Waals surface area contributed by atoms with Crippen molar-refractivity contribution in [1.29, 1.82) is 0 Å². The zero-order valence-electron chi connectivity index (χ0n) is 12.1. The molecule has 1 aromatic heterocycles. The number of hydrogen-bond acceptors (Lipinski definition) is 3. The van der Waals surface area contributed by atoms with Crippen molar-refractivity contribution in [1.82, 2.24) is 0 Å². The van der Waals surface area contributed by atoms with E-state index in [1.165, 1.54) is 18.4 Å². The smallest absolute Gasteiger partial charge is 0.417 e. The van der Waals surface area contributed by atoms with E-state index in [0.29, 0.717) is 10.1 Å². The molecule has 3 aromatic rings. The van der Waals surface area contributed by atoms with Gasteiger partial charge in [-0.2, -0.15) is 13.2 Å². The van der Waals surface area contributed by atoms with E-state index in [9.17, 15) is 18.0 Å². The van der Waals surface area contributed by atoms with Gasteiger partial charge in [-0.3, -0.25) is 4.79 Å². The molecule has 0 unspecified atom stereocenters. The number of rotatable bonds is 4. The van der Waals surface area contributed by atoms with Crippen molar-refractivity contribution in [2.75, 3.05) is 0 Å². The highest BCUT2D eigenvalue weighted by atomic mass is 79.9. The Morgan fingerprint density at radius 1 is 1.21 bits per heavy atom. The second-order valence-corrected chi connectivity index (χ2v) is 5.89. The summed E-state index contributed by atoms with van der Waals surface area (Å²) in [6.45, 7) is 0.0157. The Kier molecular flexibility index (Phi) is 4.36. The monoisotopic (exact) mass is 398 g/mol. The van der Waals surface area contributed by atoms with E-state index >= 15 is 0 Å². The van der Waals surface area contributed by atoms with Gasteiger partial charge < -0.3 is 9.15 Å². The van der Waals surface area contributed by atoms with Crippen LogP contribution in [-0.2, 0) is 12.8 Å². The van der Waals surface area contributed by atoms with Gasteiger partial charge in [-0.25, -0.2) is 0 Å². The van der Waals surface area contributed by atoms with Crippen molar-refractivity contribution in [2.24, 2.45) is 0 Å². The van der Waals surface area contributed by atoms with Crippen LogP contribution < -0.4 is 4.74 Å². The Labute approximate surface area is 143 Å². The summed E-state index contributed by atoms with van der Waals surface area (Å²) < 4.78 is 50.3. The van der Waals surface area contributed by atoms with E-state index in [1.54, 1.807) is 18.2 Å². The van der Waals surface area contributed by atoms with E-state index in [4.69, 9.17) is 9.15 Å². The molecule has 0 saturated heterocycles. The minimum absolute atomic E-state index is 0.0157. The molecule has 7 heteroatoms. The minimum atomic E-state index is -4.62. The van der Waals surface area contributed by atoms with E-state index in [-0.39, 0.29) is 18.6 Å². The standard InChI is InChI=1S/C17H10BrF3O3/c18-14-7-10(6-11-4-5-23-16(11)14)9-24-15-3-1-2-13(12(15)8-22)17(19,20)21/h1-8H,9H2. The quantitative estimate of drug-likeness (QED) is 0.536. The Bertz CT molecular complexity index is 900. The number of hydrogen-bond donors (Lipinski definition) is 0. The summed E-state index contributed by atoms with van der Waals surface area (Å²) in [4.78, 5) is 11.1. The Balaban J connectivity index is 1.89. The molecule has 3 rings (SSSR count). The van der Waals surface area contributed by atoms with Gasteiger partial charge in [-0.15, -0.1) is 0 Å². The number of carbonyl (C=O) groups excluding carboxylic acids is 1. The Morgan fingerprint density at radius 2 is 2.00 bits per heavy atom. The van der Waals surface area contributed by atoms with E-state index in [0.717, 1.165) is 17.0 Å². The summed E-state index contributed by atoms with van der Waals surface area (Å²) in [5.41, 5.74) is -0.119. The average Bonchev–Trinajstić information content (AvgIpc) is 3.00. The molecule has 0 saturated carbocycles. The van der Waals surface area contributed by atoms with Crippen molar-refractivity contribution in [3.05, 3.63) is 63.8 Å². The average molecular weight is 399 g/mol. The maximum Gasteiger partial charge on any atom is 0.417 e. The molecule has 124 valence electrons. The first-order valence-corrected chi connectivity index (χ1v) is 7.63. The summed E-state index contributed by atoms with van der Waals surface area (Å²) in [6, 6.07) is 8.72. The van der Waals surface area contributed by atoms with Gasteiger partial charge in [0.2, 0.25) is 0 Å². The third-order valence-electron chi connectivity index (χ3n) is 3.45. The summed E-state index contributed by atoms with van der Waals surface area (Å²) in [5.74, 6) is -0.108. The highest BCUT2D eigenvalue weighted by molar-refractivity contribution is 9.10. The molecule has 3 nitrogen and oxygen atoms in total. The Morgan fingerprint density at radius 3 is 2.71 bits per heavy atom. The van der Waals surface area contributed by atoms with Crippen molar-refractivity contribution < 1.29 is 27.1 Å². The van der Waals surface area contributed by atoms with Crippen LogP contribution in [0.25, 0.3) is 11.0 Å². The molecular weight excluding hydrogens is 389 g/mol. The van der Waals surface area contributed by atoms with Crippen LogP contribution in [0, 0.1) is 0 Å². The van der Waals surface area contributed by atoms with Gasteiger partial charge in [0.15, 0.2) is 6.29 Å². The number of furan rings is 1.